The van der Waals surface area contributed by atoms with E-state index in [0.717, 1.165) is 48.4 Å². The number of rotatable bonds is 1. The summed E-state index contributed by atoms with van der Waals surface area (Å²) >= 11 is 5.87. The minimum Gasteiger partial charge on any atom is -0.335 e. The molecule has 1 saturated carbocycles. The number of fused-ring (bicyclic) bond motifs is 3. The lowest BCUT2D eigenvalue weighted by atomic mass is 9.87. The number of alkyl halides is 3. The lowest BCUT2D eigenvalue weighted by molar-refractivity contribution is -0.181. The normalized spacial score (nSPS) is 23.7. The van der Waals surface area contributed by atoms with Gasteiger partial charge in [0.1, 0.15) is 5.41 Å². The van der Waals surface area contributed by atoms with Gasteiger partial charge in [0.15, 0.2) is 10.8 Å². The SMILES string of the molecule is C[C@@]1(C(F)(F)F)CN(C(=O)NC2CCCCC2)c2cnc3cc(Cl)nn3c21. The fourth-order valence-electron chi connectivity index (χ4n) is 3.99. The average molecular weight is 402 g/mol. The molecule has 10 heteroatoms. The van der Waals surface area contributed by atoms with Crippen LogP contribution in [-0.4, -0.2) is 39.4 Å². The number of nitrogens with one attached hydrogen (secondary N) is 1. The molecule has 0 saturated heterocycles. The van der Waals surface area contributed by atoms with Crippen LogP contribution < -0.4 is 10.2 Å². The highest BCUT2D eigenvalue weighted by Gasteiger charge is 2.60. The van der Waals surface area contributed by atoms with E-state index in [1.54, 1.807) is 0 Å². The molecule has 1 atom stereocenters. The Bertz CT molecular complexity index is 893. The lowest BCUT2D eigenvalue weighted by Gasteiger charge is -2.29. The van der Waals surface area contributed by atoms with Crippen LogP contribution in [0.15, 0.2) is 12.3 Å². The molecule has 2 aromatic heterocycles. The molecule has 1 N–H and O–H groups in total. The molecule has 6 nitrogen and oxygen atoms in total. The van der Waals surface area contributed by atoms with Crippen LogP contribution in [0.5, 0.6) is 0 Å². The second-order valence-electron chi connectivity index (χ2n) is 7.43. The standard InChI is InChI=1S/C17H19ClF3N5O/c1-16(17(19,20)21)9-25(15(27)23-10-5-3-2-4-6-10)11-8-22-13-7-12(18)24-26(13)14(11)16/h7-8,10H,2-6,9H2,1H3,(H,23,27)/t16-/m1/s1. The van der Waals surface area contributed by atoms with Crippen LogP contribution in [0.25, 0.3) is 5.65 Å². The topological polar surface area (TPSA) is 62.5 Å². The molecule has 2 aromatic rings. The number of aromatic nitrogens is 3. The van der Waals surface area contributed by atoms with Crippen LogP contribution in [0.1, 0.15) is 44.7 Å². The smallest absolute Gasteiger partial charge is 0.335 e. The molecule has 0 unspecified atom stereocenters. The molecule has 2 aliphatic rings. The predicted molar refractivity (Wildman–Crippen MR) is 94.2 cm³/mol. The van der Waals surface area contributed by atoms with E-state index in [-0.39, 0.29) is 28.2 Å². The van der Waals surface area contributed by atoms with E-state index in [1.807, 2.05) is 0 Å². The Morgan fingerprint density at radius 3 is 2.70 bits per heavy atom. The molecule has 3 heterocycles. The minimum absolute atomic E-state index is 0.0109. The summed E-state index contributed by atoms with van der Waals surface area (Å²) in [6.07, 6.45) is 1.54. The van der Waals surface area contributed by atoms with E-state index in [9.17, 15) is 18.0 Å². The summed E-state index contributed by atoms with van der Waals surface area (Å²) in [5, 5.41) is 6.89. The number of hydrogen-bond donors (Lipinski definition) is 1. The summed E-state index contributed by atoms with van der Waals surface area (Å²) < 4.78 is 43.1. The van der Waals surface area contributed by atoms with Gasteiger partial charge in [-0.1, -0.05) is 30.9 Å². The second kappa shape index (κ2) is 6.25. The van der Waals surface area contributed by atoms with Gasteiger partial charge in [-0.05, 0) is 19.8 Å². The molecule has 4 rings (SSSR count). The van der Waals surface area contributed by atoms with E-state index < -0.39 is 24.2 Å². The number of hydrogen-bond acceptors (Lipinski definition) is 3. The maximum Gasteiger partial charge on any atom is 0.401 e. The van der Waals surface area contributed by atoms with Crippen molar-refractivity contribution in [2.24, 2.45) is 0 Å². The summed E-state index contributed by atoms with van der Waals surface area (Å²) in [5.74, 6) is 0. The fraction of sp³-hybridized carbons (Fsp3) is 0.588. The van der Waals surface area contributed by atoms with Crippen molar-refractivity contribution in [1.82, 2.24) is 19.9 Å². The third-order valence-electron chi connectivity index (χ3n) is 5.53. The molecule has 1 fully saturated rings. The van der Waals surface area contributed by atoms with Crippen molar-refractivity contribution in [2.75, 3.05) is 11.4 Å². The van der Waals surface area contributed by atoms with Gasteiger partial charge in [-0.15, -0.1) is 0 Å². The number of amides is 2. The highest BCUT2D eigenvalue weighted by atomic mass is 35.5. The molecule has 0 radical (unpaired) electrons. The van der Waals surface area contributed by atoms with E-state index in [2.05, 4.69) is 15.4 Å². The molecule has 2 amide bonds. The van der Waals surface area contributed by atoms with Gasteiger partial charge in [0, 0.05) is 18.7 Å². The second-order valence-corrected chi connectivity index (χ2v) is 7.82. The summed E-state index contributed by atoms with van der Waals surface area (Å²) in [7, 11) is 0. The first-order valence-corrected chi connectivity index (χ1v) is 9.28. The number of carbonyl (C=O) groups excluding carboxylic acids is 1. The maximum absolute atomic E-state index is 14.0. The lowest BCUT2D eigenvalue weighted by Crippen LogP contribution is -2.50. The van der Waals surface area contributed by atoms with Crippen molar-refractivity contribution in [2.45, 2.75) is 56.7 Å². The average Bonchev–Trinajstić information content (AvgIpc) is 3.13. The molecule has 1 aliphatic heterocycles. The van der Waals surface area contributed by atoms with Gasteiger partial charge in [0.2, 0.25) is 0 Å². The van der Waals surface area contributed by atoms with Gasteiger partial charge in [-0.3, -0.25) is 4.90 Å². The van der Waals surface area contributed by atoms with Crippen LogP contribution in [0.3, 0.4) is 0 Å². The van der Waals surface area contributed by atoms with Crippen molar-refractivity contribution in [3.8, 4) is 0 Å². The third kappa shape index (κ3) is 2.92. The number of carbonyl (C=O) groups is 1. The maximum atomic E-state index is 14.0. The van der Waals surface area contributed by atoms with Gasteiger partial charge in [0.25, 0.3) is 0 Å². The zero-order valence-electron chi connectivity index (χ0n) is 14.7. The van der Waals surface area contributed by atoms with Gasteiger partial charge in [-0.25, -0.2) is 14.3 Å². The van der Waals surface area contributed by atoms with Crippen LogP contribution in [0, 0.1) is 0 Å². The molecule has 27 heavy (non-hydrogen) atoms. The largest absolute Gasteiger partial charge is 0.401 e. The summed E-state index contributed by atoms with van der Waals surface area (Å²) in [5.41, 5.74) is -2.08. The van der Waals surface area contributed by atoms with Crippen LogP contribution in [0.2, 0.25) is 5.15 Å². The van der Waals surface area contributed by atoms with E-state index in [4.69, 9.17) is 11.6 Å². The van der Waals surface area contributed by atoms with Crippen molar-refractivity contribution < 1.29 is 18.0 Å². The summed E-state index contributed by atoms with van der Waals surface area (Å²) in [6, 6.07) is 0.849. The van der Waals surface area contributed by atoms with E-state index in [1.165, 1.54) is 12.3 Å². The van der Waals surface area contributed by atoms with Crippen LogP contribution >= 0.6 is 11.6 Å². The Balaban J connectivity index is 1.76. The van der Waals surface area contributed by atoms with Crippen LogP contribution in [0.4, 0.5) is 23.7 Å². The zero-order chi connectivity index (χ0) is 19.4. The Morgan fingerprint density at radius 1 is 1.33 bits per heavy atom. The van der Waals surface area contributed by atoms with Gasteiger partial charge < -0.3 is 5.32 Å². The predicted octanol–water partition coefficient (Wildman–Crippen LogP) is 4.07. The number of nitrogens with zero attached hydrogens (tertiary/aromatic N) is 4. The minimum atomic E-state index is -4.58. The Hall–Kier alpha value is -2.03. The molecule has 1 aliphatic carbocycles. The first kappa shape index (κ1) is 18.3. The highest BCUT2D eigenvalue weighted by molar-refractivity contribution is 6.29. The Kier molecular flexibility index (Phi) is 4.25. The summed E-state index contributed by atoms with van der Waals surface area (Å²) in [4.78, 5) is 18.0. The van der Waals surface area contributed by atoms with Gasteiger partial charge >= 0.3 is 12.2 Å². The fourth-order valence-corrected chi connectivity index (χ4v) is 4.16. The molecule has 0 bridgehead atoms. The van der Waals surface area contributed by atoms with Crippen molar-refractivity contribution in [3.05, 3.63) is 23.1 Å². The summed E-state index contributed by atoms with van der Waals surface area (Å²) in [6.45, 7) is 0.553. The van der Waals surface area contributed by atoms with Gasteiger partial charge in [0.05, 0.1) is 17.6 Å². The molecule has 0 aromatic carbocycles. The first-order chi connectivity index (χ1) is 12.7. The molecule has 146 valence electrons. The van der Waals surface area contributed by atoms with Crippen molar-refractivity contribution in [1.29, 1.82) is 0 Å². The number of urea groups is 1. The first-order valence-electron chi connectivity index (χ1n) is 8.90. The molecular weight excluding hydrogens is 383 g/mol. The monoisotopic (exact) mass is 401 g/mol. The van der Waals surface area contributed by atoms with Crippen molar-refractivity contribution in [3.63, 3.8) is 0 Å². The van der Waals surface area contributed by atoms with E-state index >= 15 is 0 Å². The third-order valence-corrected chi connectivity index (χ3v) is 5.71. The number of anilines is 1. The molecular formula is C17H19ClF3N5O. The highest BCUT2D eigenvalue weighted by Crippen LogP contribution is 2.49. The number of halogens is 4. The molecule has 0 spiro atoms. The van der Waals surface area contributed by atoms with E-state index in [0.29, 0.717) is 0 Å². The van der Waals surface area contributed by atoms with Crippen LogP contribution in [-0.2, 0) is 5.41 Å². The zero-order valence-corrected chi connectivity index (χ0v) is 15.4. The van der Waals surface area contributed by atoms with Crippen molar-refractivity contribution >= 4 is 29.0 Å². The van der Waals surface area contributed by atoms with Gasteiger partial charge in [-0.2, -0.15) is 18.3 Å². The quantitative estimate of drug-likeness (QED) is 0.783. The Morgan fingerprint density at radius 2 is 2.04 bits per heavy atom. The Labute approximate surface area is 158 Å².